The number of aryl methyl sites for hydroxylation is 1. The summed E-state index contributed by atoms with van der Waals surface area (Å²) >= 11 is 4.99. The van der Waals surface area contributed by atoms with Crippen LogP contribution in [0.15, 0.2) is 27.8 Å². The lowest BCUT2D eigenvalue weighted by Crippen LogP contribution is -2.49. The number of hydrogen-bond donors (Lipinski definition) is 1. The molecule has 0 bridgehead atoms. The number of thioether (sulfide) groups is 1. The first kappa shape index (κ1) is 18.6. The second-order valence-corrected chi connectivity index (χ2v) is 8.31. The molecule has 2 atom stereocenters. The highest BCUT2D eigenvalue weighted by atomic mass is 79.9. The lowest BCUT2D eigenvalue weighted by Gasteiger charge is -2.37. The first-order valence-electron chi connectivity index (χ1n) is 8.63. The van der Waals surface area contributed by atoms with E-state index in [1.54, 1.807) is 7.11 Å². The summed E-state index contributed by atoms with van der Waals surface area (Å²) in [6, 6.07) is 5.64. The van der Waals surface area contributed by atoms with Gasteiger partial charge in [0.25, 0.3) is 0 Å². The fourth-order valence-electron chi connectivity index (χ4n) is 3.24. The Kier molecular flexibility index (Phi) is 5.29. The number of rotatable bonds is 3. The molecular weight excluding hydrogens is 434 g/mol. The van der Waals surface area contributed by atoms with Crippen LogP contribution in [-0.4, -0.2) is 64.3 Å². The van der Waals surface area contributed by atoms with Crippen LogP contribution < -0.4 is 10.2 Å². The molecule has 2 aromatic rings. The first-order chi connectivity index (χ1) is 13.1. The van der Waals surface area contributed by atoms with Crippen molar-refractivity contribution in [3.8, 4) is 5.75 Å². The van der Waals surface area contributed by atoms with Gasteiger partial charge >= 0.3 is 0 Å². The van der Waals surface area contributed by atoms with Gasteiger partial charge in [0.1, 0.15) is 16.8 Å². The number of hydrogen-bond acceptors (Lipinski definition) is 7. The van der Waals surface area contributed by atoms with Gasteiger partial charge in [-0.2, -0.15) is 0 Å². The number of ether oxygens (including phenoxy) is 2. The summed E-state index contributed by atoms with van der Waals surface area (Å²) in [5.41, 5.74) is 4.41. The van der Waals surface area contributed by atoms with Crippen LogP contribution in [0.2, 0.25) is 0 Å². The average Bonchev–Trinajstić information content (AvgIpc) is 3.07. The Bertz CT molecular complexity index is 855. The van der Waals surface area contributed by atoms with Crippen LogP contribution in [0, 0.1) is 6.92 Å². The van der Waals surface area contributed by atoms with E-state index in [1.807, 2.05) is 34.7 Å². The summed E-state index contributed by atoms with van der Waals surface area (Å²) in [4.78, 5) is 15.1. The van der Waals surface area contributed by atoms with Crippen molar-refractivity contribution in [1.29, 1.82) is 0 Å². The Morgan fingerprint density at radius 3 is 2.85 bits per heavy atom. The maximum Gasteiger partial charge on any atom is 0.238 e. The number of aromatic nitrogens is 3. The van der Waals surface area contributed by atoms with Crippen molar-refractivity contribution in [2.24, 2.45) is 0 Å². The fraction of sp³-hybridized carbons (Fsp3) is 0.471. The number of nitrogens with zero attached hydrogens (tertiary/aromatic N) is 4. The maximum atomic E-state index is 13.3. The highest BCUT2D eigenvalue weighted by Crippen LogP contribution is 2.39. The molecule has 4 rings (SSSR count). The van der Waals surface area contributed by atoms with Gasteiger partial charge in [-0.05, 0) is 40.5 Å². The minimum atomic E-state index is -0.348. The largest absolute Gasteiger partial charge is 0.496 e. The van der Waals surface area contributed by atoms with Crippen LogP contribution in [0.4, 0.5) is 0 Å². The molecule has 1 amide bonds. The monoisotopic (exact) mass is 453 g/mol. The van der Waals surface area contributed by atoms with E-state index in [4.69, 9.17) is 9.47 Å². The minimum Gasteiger partial charge on any atom is -0.496 e. The Hall–Kier alpha value is -1.78. The molecule has 1 saturated heterocycles. The van der Waals surface area contributed by atoms with E-state index in [2.05, 4.69) is 31.6 Å². The summed E-state index contributed by atoms with van der Waals surface area (Å²) in [7, 11) is 1.63. The third-order valence-corrected chi connectivity index (χ3v) is 6.52. The molecule has 1 aromatic carbocycles. The summed E-state index contributed by atoms with van der Waals surface area (Å²) in [6.45, 7) is 4.26. The Balaban J connectivity index is 1.69. The van der Waals surface area contributed by atoms with Crippen molar-refractivity contribution < 1.29 is 14.3 Å². The molecule has 0 unspecified atom stereocenters. The molecule has 0 radical (unpaired) electrons. The SMILES string of the molecule is COc1ccc([C@@H]2Nn3c(C)nnc3S[C@@H]2C(=O)N2CCOCC2)cc1Br. The quantitative estimate of drug-likeness (QED) is 0.760. The summed E-state index contributed by atoms with van der Waals surface area (Å²) in [6.07, 6.45) is 0. The molecular formula is C17H20BrN5O3S. The smallest absolute Gasteiger partial charge is 0.238 e. The number of fused-ring (bicyclic) bond motifs is 1. The van der Waals surface area contributed by atoms with Crippen LogP contribution in [0.1, 0.15) is 17.4 Å². The van der Waals surface area contributed by atoms with Gasteiger partial charge in [0.15, 0.2) is 0 Å². The van der Waals surface area contributed by atoms with Crippen molar-refractivity contribution in [3.63, 3.8) is 0 Å². The van der Waals surface area contributed by atoms with Gasteiger partial charge in [-0.1, -0.05) is 17.8 Å². The number of amides is 1. The predicted molar refractivity (Wildman–Crippen MR) is 105 cm³/mol. The molecule has 0 aliphatic carbocycles. The summed E-state index contributed by atoms with van der Waals surface area (Å²) in [5.74, 6) is 1.59. The lowest BCUT2D eigenvalue weighted by atomic mass is 10.0. The number of benzene rings is 1. The number of nitrogens with one attached hydrogen (secondary N) is 1. The molecule has 27 heavy (non-hydrogen) atoms. The maximum absolute atomic E-state index is 13.3. The van der Waals surface area contributed by atoms with Crippen molar-refractivity contribution in [2.75, 3.05) is 38.8 Å². The third-order valence-electron chi connectivity index (χ3n) is 4.70. The van der Waals surface area contributed by atoms with E-state index in [-0.39, 0.29) is 17.2 Å². The van der Waals surface area contributed by atoms with Crippen LogP contribution in [-0.2, 0) is 9.53 Å². The fourth-order valence-corrected chi connectivity index (χ4v) is 5.01. The first-order valence-corrected chi connectivity index (χ1v) is 10.3. The van der Waals surface area contributed by atoms with Gasteiger partial charge in [0.05, 0.1) is 30.8 Å². The molecule has 2 aliphatic heterocycles. The van der Waals surface area contributed by atoms with E-state index in [1.165, 1.54) is 11.8 Å². The van der Waals surface area contributed by atoms with Crippen molar-refractivity contribution >= 4 is 33.6 Å². The summed E-state index contributed by atoms with van der Waals surface area (Å²) < 4.78 is 13.4. The predicted octanol–water partition coefficient (Wildman–Crippen LogP) is 1.98. The number of methoxy groups -OCH3 is 1. The minimum absolute atomic E-state index is 0.0830. The molecule has 1 aromatic heterocycles. The van der Waals surface area contributed by atoms with Gasteiger partial charge in [-0.25, -0.2) is 4.68 Å². The Labute approximate surface area is 169 Å². The molecule has 10 heteroatoms. The van der Waals surface area contributed by atoms with E-state index in [0.717, 1.165) is 21.6 Å². The second-order valence-electron chi connectivity index (χ2n) is 6.34. The second kappa shape index (κ2) is 7.69. The zero-order valence-corrected chi connectivity index (χ0v) is 17.4. The van der Waals surface area contributed by atoms with Crippen molar-refractivity contribution in [2.45, 2.75) is 23.4 Å². The molecule has 144 valence electrons. The molecule has 1 fully saturated rings. The standard InChI is InChI=1S/C17H20BrN5O3S/c1-10-19-20-17-23(10)21-14(11-3-4-13(25-2)12(18)9-11)15(27-17)16(24)22-5-7-26-8-6-22/h3-4,9,14-15,21H,5-8H2,1-2H3/t14-,15-/m0/s1. The average molecular weight is 454 g/mol. The zero-order chi connectivity index (χ0) is 19.0. The molecule has 3 heterocycles. The van der Waals surface area contributed by atoms with Gasteiger partial charge in [-0.15, -0.1) is 10.2 Å². The molecule has 2 aliphatic rings. The van der Waals surface area contributed by atoms with Gasteiger partial charge in [-0.3, -0.25) is 4.79 Å². The number of carbonyl (C=O) groups excluding carboxylic acids is 1. The lowest BCUT2D eigenvalue weighted by molar-refractivity contribution is -0.135. The molecule has 1 N–H and O–H groups in total. The number of morpholine rings is 1. The van der Waals surface area contributed by atoms with Gasteiger partial charge in [0.2, 0.25) is 11.1 Å². The van der Waals surface area contributed by atoms with Crippen LogP contribution in [0.5, 0.6) is 5.75 Å². The van der Waals surface area contributed by atoms with E-state index >= 15 is 0 Å². The number of carbonyl (C=O) groups is 1. The summed E-state index contributed by atoms with van der Waals surface area (Å²) in [5, 5.41) is 8.68. The Morgan fingerprint density at radius 1 is 1.37 bits per heavy atom. The van der Waals surface area contributed by atoms with Crippen LogP contribution in [0.3, 0.4) is 0 Å². The van der Waals surface area contributed by atoms with Crippen molar-refractivity contribution in [3.05, 3.63) is 34.1 Å². The molecule has 0 saturated carbocycles. The molecule has 0 spiro atoms. The van der Waals surface area contributed by atoms with Crippen LogP contribution >= 0.6 is 27.7 Å². The highest BCUT2D eigenvalue weighted by molar-refractivity contribution is 9.10. The number of halogens is 1. The molecule has 8 nitrogen and oxygen atoms in total. The van der Waals surface area contributed by atoms with Crippen LogP contribution in [0.25, 0.3) is 0 Å². The van der Waals surface area contributed by atoms with Gasteiger partial charge < -0.3 is 19.8 Å². The van der Waals surface area contributed by atoms with E-state index in [0.29, 0.717) is 31.5 Å². The normalized spacial score (nSPS) is 22.1. The topological polar surface area (TPSA) is 81.5 Å². The highest BCUT2D eigenvalue weighted by Gasteiger charge is 2.39. The zero-order valence-electron chi connectivity index (χ0n) is 15.0. The Morgan fingerprint density at radius 2 is 2.15 bits per heavy atom. The van der Waals surface area contributed by atoms with Gasteiger partial charge in [0, 0.05) is 13.1 Å². The van der Waals surface area contributed by atoms with E-state index in [9.17, 15) is 4.79 Å². The van der Waals surface area contributed by atoms with E-state index < -0.39 is 0 Å². The van der Waals surface area contributed by atoms with Crippen molar-refractivity contribution in [1.82, 2.24) is 19.8 Å². The third kappa shape index (κ3) is 3.53.